The predicted octanol–water partition coefficient (Wildman–Crippen LogP) is 6.26. The van der Waals surface area contributed by atoms with E-state index in [9.17, 15) is 19.2 Å². The van der Waals surface area contributed by atoms with Gasteiger partial charge in [0.2, 0.25) is 0 Å². The smallest absolute Gasteiger partial charge is 0.338 e. The summed E-state index contributed by atoms with van der Waals surface area (Å²) in [4.78, 5) is 52.2. The Labute approximate surface area is 238 Å². The summed E-state index contributed by atoms with van der Waals surface area (Å²) in [6, 6.07) is 16.5. The zero-order valence-electron chi connectivity index (χ0n) is 22.8. The number of aryl methyl sites for hydroxylation is 3. The summed E-state index contributed by atoms with van der Waals surface area (Å²) >= 11 is 6.27. The third-order valence-corrected chi connectivity index (χ3v) is 6.78. The lowest BCUT2D eigenvalue weighted by molar-refractivity contribution is -0.120. The number of hydrogen-bond acceptors (Lipinski definition) is 6. The zero-order chi connectivity index (χ0) is 29.0. The molecule has 1 heterocycles. The molecule has 0 aromatic heterocycles. The quantitative estimate of drug-likeness (QED) is 0.182. The summed E-state index contributed by atoms with van der Waals surface area (Å²) in [5.74, 6) is -2.20. The molecule has 206 valence electrons. The molecule has 0 spiro atoms. The minimum absolute atomic E-state index is 0.106. The molecular formula is C31H30ClN3O5. The van der Waals surface area contributed by atoms with Gasteiger partial charge in [-0.1, -0.05) is 48.7 Å². The Morgan fingerprint density at radius 2 is 1.57 bits per heavy atom. The van der Waals surface area contributed by atoms with Crippen molar-refractivity contribution in [1.29, 1.82) is 0 Å². The van der Waals surface area contributed by atoms with E-state index in [1.165, 1.54) is 12.1 Å². The second-order valence-corrected chi connectivity index (χ2v) is 9.98. The van der Waals surface area contributed by atoms with Gasteiger partial charge in [0.1, 0.15) is 10.7 Å². The summed E-state index contributed by atoms with van der Waals surface area (Å²) in [5, 5.41) is 5.57. The number of hydrogen-bond donors (Lipinski definition) is 2. The summed E-state index contributed by atoms with van der Waals surface area (Å²) in [6.07, 6.45) is 1.62. The van der Waals surface area contributed by atoms with E-state index >= 15 is 0 Å². The molecule has 8 nitrogen and oxygen atoms in total. The number of amides is 3. The number of nitrogens with one attached hydrogen (secondary N) is 2. The topological polar surface area (TPSA) is 105 Å². The number of nitrogens with zero attached hydrogens (tertiary/aromatic N) is 1. The first-order valence-corrected chi connectivity index (χ1v) is 13.3. The number of benzene rings is 3. The largest absolute Gasteiger partial charge is 0.462 e. The lowest BCUT2D eigenvalue weighted by Gasteiger charge is -2.16. The van der Waals surface area contributed by atoms with Crippen molar-refractivity contribution in [1.82, 2.24) is 0 Å². The highest BCUT2D eigenvalue weighted by molar-refractivity contribution is 6.53. The Morgan fingerprint density at radius 1 is 0.900 bits per heavy atom. The number of ether oxygens (including phenoxy) is 1. The van der Waals surface area contributed by atoms with Crippen LogP contribution < -0.4 is 15.5 Å². The molecule has 0 saturated heterocycles. The van der Waals surface area contributed by atoms with Crippen LogP contribution in [-0.4, -0.2) is 30.3 Å². The average molecular weight is 560 g/mol. The van der Waals surface area contributed by atoms with Crippen LogP contribution in [0.15, 0.2) is 71.4 Å². The zero-order valence-corrected chi connectivity index (χ0v) is 23.5. The summed E-state index contributed by atoms with van der Waals surface area (Å²) < 4.78 is 5.23. The second kappa shape index (κ2) is 12.2. The summed E-state index contributed by atoms with van der Waals surface area (Å²) in [6.45, 7) is 8.16. The van der Waals surface area contributed by atoms with E-state index in [-0.39, 0.29) is 34.5 Å². The van der Waals surface area contributed by atoms with Gasteiger partial charge in [0.15, 0.2) is 0 Å². The van der Waals surface area contributed by atoms with Crippen molar-refractivity contribution in [2.75, 3.05) is 22.1 Å². The van der Waals surface area contributed by atoms with Crippen molar-refractivity contribution < 1.29 is 23.9 Å². The first-order valence-electron chi connectivity index (χ1n) is 12.9. The molecular weight excluding hydrogens is 530 g/mol. The van der Waals surface area contributed by atoms with E-state index in [1.54, 1.807) is 36.4 Å². The normalized spacial score (nSPS) is 13.1. The van der Waals surface area contributed by atoms with E-state index in [0.29, 0.717) is 11.3 Å². The fourth-order valence-electron chi connectivity index (χ4n) is 4.42. The van der Waals surface area contributed by atoms with E-state index < -0.39 is 17.8 Å². The third kappa shape index (κ3) is 6.07. The van der Waals surface area contributed by atoms with Crippen LogP contribution in [0.25, 0.3) is 0 Å². The standard InChI is InChI=1S/C31H30ClN3O5/c1-5-6-14-40-31(39)22-8-7-9-24(17-22)35-29(37)25(32)27(30(35)38)33-23-12-10-21(11-13-23)28(36)34-26-19(3)15-18(2)16-20(26)4/h7-13,15-17,33H,5-6,14H2,1-4H3,(H,34,36). The van der Waals surface area contributed by atoms with Crippen LogP contribution in [0, 0.1) is 20.8 Å². The molecule has 40 heavy (non-hydrogen) atoms. The Kier molecular flexibility index (Phi) is 8.70. The van der Waals surface area contributed by atoms with Crippen LogP contribution in [0.1, 0.15) is 57.2 Å². The van der Waals surface area contributed by atoms with Crippen molar-refractivity contribution in [3.05, 3.63) is 99.2 Å². The molecule has 4 rings (SSSR count). The van der Waals surface area contributed by atoms with Crippen molar-refractivity contribution in [2.45, 2.75) is 40.5 Å². The first-order chi connectivity index (χ1) is 19.1. The van der Waals surface area contributed by atoms with Gasteiger partial charge in [-0.05, 0) is 80.8 Å². The molecule has 0 saturated carbocycles. The number of esters is 1. The highest BCUT2D eigenvalue weighted by Gasteiger charge is 2.39. The van der Waals surface area contributed by atoms with Gasteiger partial charge in [0, 0.05) is 16.9 Å². The number of carbonyl (C=O) groups is 4. The number of unbranched alkanes of at least 4 members (excludes halogenated alkanes) is 1. The lowest BCUT2D eigenvalue weighted by Crippen LogP contribution is -2.32. The van der Waals surface area contributed by atoms with Crippen molar-refractivity contribution in [2.24, 2.45) is 0 Å². The Bertz CT molecular complexity index is 1510. The lowest BCUT2D eigenvalue weighted by atomic mass is 10.0. The monoisotopic (exact) mass is 559 g/mol. The molecule has 0 fully saturated rings. The fourth-order valence-corrected chi connectivity index (χ4v) is 4.64. The SMILES string of the molecule is CCCCOC(=O)c1cccc(N2C(=O)C(Cl)=C(Nc3ccc(C(=O)Nc4c(C)cc(C)cc4C)cc3)C2=O)c1. The highest BCUT2D eigenvalue weighted by atomic mass is 35.5. The molecule has 3 aromatic rings. The number of rotatable bonds is 9. The number of halogens is 1. The van der Waals surface area contributed by atoms with Gasteiger partial charge >= 0.3 is 5.97 Å². The molecule has 0 bridgehead atoms. The second-order valence-electron chi connectivity index (χ2n) is 9.60. The maximum absolute atomic E-state index is 13.2. The van der Waals surface area contributed by atoms with Gasteiger partial charge in [-0.2, -0.15) is 0 Å². The molecule has 0 radical (unpaired) electrons. The van der Waals surface area contributed by atoms with Gasteiger partial charge in [-0.25, -0.2) is 9.69 Å². The molecule has 0 atom stereocenters. The molecule has 1 aliphatic rings. The van der Waals surface area contributed by atoms with Crippen LogP contribution >= 0.6 is 11.6 Å². The molecule has 0 unspecified atom stereocenters. The molecule has 0 aliphatic carbocycles. The number of anilines is 3. The molecule has 3 aromatic carbocycles. The van der Waals surface area contributed by atoms with Gasteiger partial charge in [0.25, 0.3) is 17.7 Å². The Morgan fingerprint density at radius 3 is 2.23 bits per heavy atom. The third-order valence-electron chi connectivity index (χ3n) is 6.43. The minimum Gasteiger partial charge on any atom is -0.462 e. The summed E-state index contributed by atoms with van der Waals surface area (Å²) in [5.41, 5.74) is 5.02. The van der Waals surface area contributed by atoms with Crippen molar-refractivity contribution in [3.8, 4) is 0 Å². The van der Waals surface area contributed by atoms with E-state index in [1.807, 2.05) is 39.8 Å². The van der Waals surface area contributed by atoms with Gasteiger partial charge in [-0.15, -0.1) is 0 Å². The van der Waals surface area contributed by atoms with E-state index in [4.69, 9.17) is 16.3 Å². The average Bonchev–Trinajstić information content (AvgIpc) is 3.14. The highest BCUT2D eigenvalue weighted by Crippen LogP contribution is 2.31. The Balaban J connectivity index is 1.46. The van der Waals surface area contributed by atoms with Crippen LogP contribution in [0.4, 0.5) is 17.1 Å². The number of imide groups is 1. The van der Waals surface area contributed by atoms with Crippen molar-refractivity contribution >= 4 is 52.4 Å². The van der Waals surface area contributed by atoms with Crippen LogP contribution in [-0.2, 0) is 14.3 Å². The number of carbonyl (C=O) groups excluding carboxylic acids is 4. The maximum atomic E-state index is 13.2. The Hall–Kier alpha value is -4.43. The molecule has 9 heteroatoms. The first kappa shape index (κ1) is 28.6. The minimum atomic E-state index is -0.717. The van der Waals surface area contributed by atoms with Crippen LogP contribution in [0.2, 0.25) is 0 Å². The molecule has 3 amide bonds. The molecule has 2 N–H and O–H groups in total. The van der Waals surface area contributed by atoms with Crippen LogP contribution in [0.5, 0.6) is 0 Å². The summed E-state index contributed by atoms with van der Waals surface area (Å²) in [7, 11) is 0. The maximum Gasteiger partial charge on any atom is 0.338 e. The van der Waals surface area contributed by atoms with E-state index in [0.717, 1.165) is 40.1 Å². The fraction of sp³-hybridized carbons (Fsp3) is 0.226. The van der Waals surface area contributed by atoms with Crippen molar-refractivity contribution in [3.63, 3.8) is 0 Å². The van der Waals surface area contributed by atoms with Gasteiger partial charge < -0.3 is 15.4 Å². The van der Waals surface area contributed by atoms with E-state index in [2.05, 4.69) is 10.6 Å². The predicted molar refractivity (Wildman–Crippen MR) is 156 cm³/mol. The van der Waals surface area contributed by atoms with Gasteiger partial charge in [-0.3, -0.25) is 14.4 Å². The molecule has 1 aliphatic heterocycles. The van der Waals surface area contributed by atoms with Gasteiger partial charge in [0.05, 0.1) is 17.9 Å². The van der Waals surface area contributed by atoms with Crippen LogP contribution in [0.3, 0.4) is 0 Å².